The molecule has 2 heterocycles. The molecule has 7 nitrogen and oxygen atoms in total. The van der Waals surface area contributed by atoms with Crippen LogP contribution in [0, 0.1) is 0 Å². The molecule has 0 unspecified atom stereocenters. The summed E-state index contributed by atoms with van der Waals surface area (Å²) in [6.07, 6.45) is 5.71. The van der Waals surface area contributed by atoms with E-state index in [0.717, 1.165) is 5.69 Å². The number of hydrogen-bond donors (Lipinski definition) is 2. The molecule has 23 heavy (non-hydrogen) atoms. The molecule has 1 aliphatic heterocycles. The number of nitrogens with zero attached hydrogens (tertiary/aromatic N) is 3. The van der Waals surface area contributed by atoms with Crippen molar-refractivity contribution in [2.75, 3.05) is 19.6 Å². The summed E-state index contributed by atoms with van der Waals surface area (Å²) in [4.78, 5) is 21.9. The lowest BCUT2D eigenvalue weighted by atomic mass is 9.91. The van der Waals surface area contributed by atoms with Gasteiger partial charge in [-0.3, -0.25) is 9.97 Å². The zero-order valence-corrected chi connectivity index (χ0v) is 14.1. The molecule has 1 aromatic rings. The van der Waals surface area contributed by atoms with Crippen LogP contribution in [0.15, 0.2) is 18.6 Å². The molecule has 0 aromatic carbocycles. The van der Waals surface area contributed by atoms with Crippen LogP contribution in [-0.4, -0.2) is 56.9 Å². The Hall–Kier alpha value is -1.73. The summed E-state index contributed by atoms with van der Waals surface area (Å²) < 4.78 is 5.36. The van der Waals surface area contributed by atoms with E-state index in [1.54, 1.807) is 23.5 Å². The van der Waals surface area contributed by atoms with E-state index in [-0.39, 0.29) is 6.09 Å². The SMILES string of the molecule is CC(C)(C)OC(=O)N1CCC(O)(CNCc2cnccn2)CC1. The first-order chi connectivity index (χ1) is 10.8. The van der Waals surface area contributed by atoms with Gasteiger partial charge >= 0.3 is 6.09 Å². The van der Waals surface area contributed by atoms with E-state index in [4.69, 9.17) is 4.74 Å². The smallest absolute Gasteiger partial charge is 0.410 e. The van der Waals surface area contributed by atoms with Gasteiger partial charge in [0.15, 0.2) is 0 Å². The van der Waals surface area contributed by atoms with Crippen LogP contribution in [0.2, 0.25) is 0 Å². The lowest BCUT2D eigenvalue weighted by Gasteiger charge is -2.38. The predicted molar refractivity (Wildman–Crippen MR) is 85.7 cm³/mol. The van der Waals surface area contributed by atoms with E-state index in [0.29, 0.717) is 39.0 Å². The molecule has 0 atom stereocenters. The number of nitrogens with one attached hydrogen (secondary N) is 1. The van der Waals surface area contributed by atoms with Crippen LogP contribution in [0.1, 0.15) is 39.3 Å². The Balaban J connectivity index is 1.75. The number of aliphatic hydroxyl groups is 1. The number of carbonyl (C=O) groups is 1. The van der Waals surface area contributed by atoms with Gasteiger partial charge in [-0.05, 0) is 33.6 Å². The maximum Gasteiger partial charge on any atom is 0.410 e. The van der Waals surface area contributed by atoms with Crippen molar-refractivity contribution in [1.29, 1.82) is 0 Å². The van der Waals surface area contributed by atoms with Gasteiger partial charge in [0.05, 0.1) is 11.3 Å². The number of likely N-dealkylation sites (tertiary alicyclic amines) is 1. The lowest BCUT2D eigenvalue weighted by Crippen LogP contribution is -2.52. The Morgan fingerprint density at radius 2 is 2.09 bits per heavy atom. The third-order valence-electron chi connectivity index (χ3n) is 3.72. The number of amides is 1. The van der Waals surface area contributed by atoms with Gasteiger partial charge in [-0.2, -0.15) is 0 Å². The second-order valence-corrected chi connectivity index (χ2v) is 6.99. The van der Waals surface area contributed by atoms with Crippen molar-refractivity contribution in [1.82, 2.24) is 20.2 Å². The summed E-state index contributed by atoms with van der Waals surface area (Å²) in [7, 11) is 0. The second-order valence-electron chi connectivity index (χ2n) is 6.99. The van der Waals surface area contributed by atoms with Gasteiger partial charge in [0.1, 0.15) is 5.60 Å². The average Bonchev–Trinajstić information content (AvgIpc) is 2.47. The molecule has 1 fully saturated rings. The highest BCUT2D eigenvalue weighted by atomic mass is 16.6. The molecule has 1 aliphatic rings. The highest BCUT2D eigenvalue weighted by molar-refractivity contribution is 5.68. The van der Waals surface area contributed by atoms with Crippen LogP contribution in [0.25, 0.3) is 0 Å². The maximum absolute atomic E-state index is 12.0. The van der Waals surface area contributed by atoms with Gasteiger partial charge in [0.2, 0.25) is 0 Å². The molecule has 128 valence electrons. The Labute approximate surface area is 137 Å². The zero-order chi connectivity index (χ0) is 16.9. The van der Waals surface area contributed by atoms with E-state index >= 15 is 0 Å². The van der Waals surface area contributed by atoms with E-state index in [1.165, 1.54) is 0 Å². The van der Waals surface area contributed by atoms with Crippen LogP contribution in [0.4, 0.5) is 4.79 Å². The monoisotopic (exact) mass is 322 g/mol. The second kappa shape index (κ2) is 7.23. The molecular weight excluding hydrogens is 296 g/mol. The molecular formula is C16H26N4O3. The Morgan fingerprint density at radius 1 is 1.39 bits per heavy atom. The van der Waals surface area contributed by atoms with Gasteiger partial charge in [0.25, 0.3) is 0 Å². The quantitative estimate of drug-likeness (QED) is 0.869. The summed E-state index contributed by atoms with van der Waals surface area (Å²) in [6, 6.07) is 0. The Morgan fingerprint density at radius 3 is 2.65 bits per heavy atom. The fraction of sp³-hybridized carbons (Fsp3) is 0.688. The zero-order valence-electron chi connectivity index (χ0n) is 14.1. The van der Waals surface area contributed by atoms with E-state index in [9.17, 15) is 9.90 Å². The van der Waals surface area contributed by atoms with Crippen molar-refractivity contribution < 1.29 is 14.6 Å². The highest BCUT2D eigenvalue weighted by Crippen LogP contribution is 2.23. The summed E-state index contributed by atoms with van der Waals surface area (Å²) in [6.45, 7) is 7.57. The topological polar surface area (TPSA) is 87.6 Å². The summed E-state index contributed by atoms with van der Waals surface area (Å²) in [5.41, 5.74) is -0.466. The average molecular weight is 322 g/mol. The van der Waals surface area contributed by atoms with E-state index in [1.807, 2.05) is 20.8 Å². The highest BCUT2D eigenvalue weighted by Gasteiger charge is 2.35. The molecule has 0 aliphatic carbocycles. The summed E-state index contributed by atoms with van der Waals surface area (Å²) in [5, 5.41) is 13.8. The van der Waals surface area contributed by atoms with Gasteiger partial charge in [0, 0.05) is 44.8 Å². The molecule has 1 saturated heterocycles. The van der Waals surface area contributed by atoms with Crippen LogP contribution in [-0.2, 0) is 11.3 Å². The minimum Gasteiger partial charge on any atom is -0.444 e. The van der Waals surface area contributed by atoms with Crippen LogP contribution < -0.4 is 5.32 Å². The van der Waals surface area contributed by atoms with Crippen LogP contribution in [0.3, 0.4) is 0 Å². The third kappa shape index (κ3) is 5.76. The van der Waals surface area contributed by atoms with Gasteiger partial charge in [-0.1, -0.05) is 0 Å². The number of rotatable bonds is 4. The summed E-state index contributed by atoms with van der Waals surface area (Å²) >= 11 is 0. The Kier molecular flexibility index (Phi) is 5.54. The van der Waals surface area contributed by atoms with Crippen molar-refractivity contribution in [2.45, 2.75) is 51.4 Å². The van der Waals surface area contributed by atoms with Gasteiger partial charge < -0.3 is 20.1 Å². The fourth-order valence-corrected chi connectivity index (χ4v) is 2.45. The van der Waals surface area contributed by atoms with Crippen molar-refractivity contribution in [3.63, 3.8) is 0 Å². The number of hydrogen-bond acceptors (Lipinski definition) is 6. The first-order valence-electron chi connectivity index (χ1n) is 7.93. The first kappa shape index (κ1) is 17.6. The summed E-state index contributed by atoms with van der Waals surface area (Å²) in [5.74, 6) is 0. The standard InChI is InChI=1S/C16H26N4O3/c1-15(2,3)23-14(21)20-8-4-16(22,5-9-20)12-18-11-13-10-17-6-7-19-13/h6-7,10,18,22H,4-5,8-9,11-12H2,1-3H3. The fourth-order valence-electron chi connectivity index (χ4n) is 2.45. The molecule has 1 amide bonds. The molecule has 2 rings (SSSR count). The van der Waals surface area contributed by atoms with Gasteiger partial charge in [-0.15, -0.1) is 0 Å². The minimum absolute atomic E-state index is 0.313. The predicted octanol–water partition coefficient (Wildman–Crippen LogP) is 1.33. The lowest BCUT2D eigenvalue weighted by molar-refractivity contribution is -0.0310. The largest absolute Gasteiger partial charge is 0.444 e. The molecule has 0 spiro atoms. The van der Waals surface area contributed by atoms with Crippen molar-refractivity contribution >= 4 is 6.09 Å². The molecule has 0 saturated carbocycles. The molecule has 0 bridgehead atoms. The number of aromatic nitrogens is 2. The number of carbonyl (C=O) groups excluding carboxylic acids is 1. The van der Waals surface area contributed by atoms with Crippen LogP contribution >= 0.6 is 0 Å². The van der Waals surface area contributed by atoms with Crippen molar-refractivity contribution in [3.8, 4) is 0 Å². The van der Waals surface area contributed by atoms with Crippen molar-refractivity contribution in [3.05, 3.63) is 24.3 Å². The Bertz CT molecular complexity index is 508. The molecule has 1 aromatic heterocycles. The minimum atomic E-state index is -0.805. The van der Waals surface area contributed by atoms with Gasteiger partial charge in [-0.25, -0.2) is 4.79 Å². The van der Waals surface area contributed by atoms with E-state index in [2.05, 4.69) is 15.3 Å². The van der Waals surface area contributed by atoms with Crippen molar-refractivity contribution in [2.24, 2.45) is 0 Å². The molecule has 2 N–H and O–H groups in total. The maximum atomic E-state index is 12.0. The third-order valence-corrected chi connectivity index (χ3v) is 3.72. The first-order valence-corrected chi connectivity index (χ1v) is 7.93. The number of ether oxygens (including phenoxy) is 1. The van der Waals surface area contributed by atoms with Crippen LogP contribution in [0.5, 0.6) is 0 Å². The molecule has 7 heteroatoms. The number of piperidine rings is 1. The molecule has 0 radical (unpaired) electrons. The van der Waals surface area contributed by atoms with E-state index < -0.39 is 11.2 Å². The normalized spacial score (nSPS) is 17.8.